The molecule has 0 amide bonds. The van der Waals surface area contributed by atoms with Gasteiger partial charge in [0.25, 0.3) is 0 Å². The van der Waals surface area contributed by atoms with Crippen LogP contribution in [-0.2, 0) is 4.74 Å². The molecular formula is C18H28IN3O. The Bertz CT molecular complexity index is 508. The molecule has 2 aliphatic rings. The highest BCUT2D eigenvalue weighted by atomic mass is 127. The molecule has 0 bridgehead atoms. The van der Waals surface area contributed by atoms with Gasteiger partial charge in [-0.3, -0.25) is 4.99 Å². The molecule has 1 saturated heterocycles. The molecule has 3 rings (SSSR count). The second-order valence-corrected chi connectivity index (χ2v) is 6.36. The summed E-state index contributed by atoms with van der Waals surface area (Å²) in [7, 11) is 1.79. The van der Waals surface area contributed by atoms with Crippen LogP contribution in [0.3, 0.4) is 0 Å². The average Bonchev–Trinajstić information content (AvgIpc) is 3.16. The number of hydrogen-bond donors (Lipinski definition) is 1. The molecule has 3 unspecified atom stereocenters. The summed E-state index contributed by atoms with van der Waals surface area (Å²) < 4.78 is 5.30. The van der Waals surface area contributed by atoms with Crippen LogP contribution in [0.5, 0.6) is 0 Å². The zero-order valence-electron chi connectivity index (χ0n) is 14.1. The highest BCUT2D eigenvalue weighted by Crippen LogP contribution is 2.40. The topological polar surface area (TPSA) is 36.9 Å². The van der Waals surface area contributed by atoms with Crippen molar-refractivity contribution >= 4 is 29.9 Å². The van der Waals surface area contributed by atoms with E-state index in [4.69, 9.17) is 9.73 Å². The lowest BCUT2D eigenvalue weighted by atomic mass is 10.1. The van der Waals surface area contributed by atoms with Crippen molar-refractivity contribution in [1.82, 2.24) is 10.2 Å². The fraction of sp³-hybridized carbons (Fsp3) is 0.611. The number of rotatable bonds is 5. The number of benzene rings is 1. The minimum Gasteiger partial charge on any atom is -0.384 e. The zero-order valence-corrected chi connectivity index (χ0v) is 16.4. The van der Waals surface area contributed by atoms with E-state index in [1.165, 1.54) is 18.4 Å². The highest BCUT2D eigenvalue weighted by Gasteiger charge is 2.40. The van der Waals surface area contributed by atoms with Gasteiger partial charge in [0.2, 0.25) is 0 Å². The first-order valence-electron chi connectivity index (χ1n) is 8.41. The van der Waals surface area contributed by atoms with Gasteiger partial charge in [-0.1, -0.05) is 30.3 Å². The van der Waals surface area contributed by atoms with E-state index < -0.39 is 0 Å². The number of nitrogens with zero attached hydrogens (tertiary/aromatic N) is 2. The van der Waals surface area contributed by atoms with E-state index in [0.717, 1.165) is 32.2 Å². The predicted octanol–water partition coefficient (Wildman–Crippen LogP) is 3.09. The second-order valence-electron chi connectivity index (χ2n) is 6.36. The molecule has 2 fully saturated rings. The van der Waals surface area contributed by atoms with Gasteiger partial charge in [0.15, 0.2) is 5.96 Å². The number of guanidine groups is 1. The first kappa shape index (κ1) is 18.5. The van der Waals surface area contributed by atoms with Gasteiger partial charge in [0, 0.05) is 44.6 Å². The highest BCUT2D eigenvalue weighted by molar-refractivity contribution is 14.0. The van der Waals surface area contributed by atoms with E-state index in [1.54, 1.807) is 7.11 Å². The van der Waals surface area contributed by atoms with Gasteiger partial charge in [-0.2, -0.15) is 0 Å². The van der Waals surface area contributed by atoms with E-state index >= 15 is 0 Å². The Hall–Kier alpha value is -0.820. The monoisotopic (exact) mass is 429 g/mol. The largest absolute Gasteiger partial charge is 0.384 e. The quantitative estimate of drug-likeness (QED) is 0.444. The van der Waals surface area contributed by atoms with Crippen LogP contribution in [0.15, 0.2) is 35.3 Å². The summed E-state index contributed by atoms with van der Waals surface area (Å²) >= 11 is 0. The van der Waals surface area contributed by atoms with E-state index in [9.17, 15) is 0 Å². The van der Waals surface area contributed by atoms with Gasteiger partial charge < -0.3 is 15.0 Å². The van der Waals surface area contributed by atoms with E-state index in [0.29, 0.717) is 17.9 Å². The van der Waals surface area contributed by atoms with E-state index in [-0.39, 0.29) is 24.0 Å². The molecule has 1 aliphatic carbocycles. The molecular weight excluding hydrogens is 401 g/mol. The number of nitrogens with one attached hydrogen (secondary N) is 1. The fourth-order valence-corrected chi connectivity index (χ4v) is 3.37. The Morgan fingerprint density at radius 2 is 2.13 bits per heavy atom. The Kier molecular flexibility index (Phi) is 7.14. The van der Waals surface area contributed by atoms with Gasteiger partial charge in [-0.15, -0.1) is 24.0 Å². The molecule has 1 aliphatic heterocycles. The number of likely N-dealkylation sites (tertiary alicyclic amines) is 1. The Morgan fingerprint density at radius 3 is 2.83 bits per heavy atom. The maximum atomic E-state index is 5.30. The van der Waals surface area contributed by atoms with Crippen LogP contribution >= 0.6 is 24.0 Å². The van der Waals surface area contributed by atoms with Gasteiger partial charge in [0.1, 0.15) is 0 Å². The van der Waals surface area contributed by atoms with E-state index in [1.807, 2.05) is 0 Å². The lowest BCUT2D eigenvalue weighted by Crippen LogP contribution is -2.42. The Morgan fingerprint density at radius 1 is 1.35 bits per heavy atom. The Balaban J connectivity index is 0.00000192. The average molecular weight is 429 g/mol. The molecule has 23 heavy (non-hydrogen) atoms. The molecule has 1 saturated carbocycles. The molecule has 5 heteroatoms. The van der Waals surface area contributed by atoms with Crippen LogP contribution in [0.25, 0.3) is 0 Å². The molecule has 128 valence electrons. The van der Waals surface area contributed by atoms with Crippen molar-refractivity contribution in [1.29, 1.82) is 0 Å². The van der Waals surface area contributed by atoms with Crippen molar-refractivity contribution in [3.8, 4) is 0 Å². The van der Waals surface area contributed by atoms with Gasteiger partial charge in [-0.25, -0.2) is 0 Å². The van der Waals surface area contributed by atoms with Crippen LogP contribution in [0.1, 0.15) is 31.2 Å². The van der Waals surface area contributed by atoms with Crippen molar-refractivity contribution in [2.24, 2.45) is 10.9 Å². The lowest BCUT2D eigenvalue weighted by molar-refractivity contribution is 0.157. The molecule has 1 aromatic carbocycles. The summed E-state index contributed by atoms with van der Waals surface area (Å²) in [5.74, 6) is 2.36. The smallest absolute Gasteiger partial charge is 0.194 e. The van der Waals surface area contributed by atoms with Crippen molar-refractivity contribution in [3.05, 3.63) is 35.9 Å². The summed E-state index contributed by atoms with van der Waals surface area (Å²) in [5.41, 5.74) is 1.44. The minimum atomic E-state index is 0. The van der Waals surface area contributed by atoms with Gasteiger partial charge >= 0.3 is 0 Å². The first-order chi connectivity index (χ1) is 10.8. The summed E-state index contributed by atoms with van der Waals surface area (Å²) in [6.45, 7) is 5.93. The predicted molar refractivity (Wildman–Crippen MR) is 106 cm³/mol. The van der Waals surface area contributed by atoms with Crippen LogP contribution < -0.4 is 5.32 Å². The molecule has 0 spiro atoms. The normalized spacial score (nSPS) is 26.8. The molecule has 1 N–H and O–H groups in total. The zero-order chi connectivity index (χ0) is 15.4. The maximum Gasteiger partial charge on any atom is 0.194 e. The third kappa shape index (κ3) is 4.83. The molecule has 4 nitrogen and oxygen atoms in total. The van der Waals surface area contributed by atoms with Crippen LogP contribution in [0.4, 0.5) is 0 Å². The molecule has 0 radical (unpaired) electrons. The number of ether oxygens (including phenoxy) is 1. The van der Waals surface area contributed by atoms with Crippen molar-refractivity contribution in [3.63, 3.8) is 0 Å². The van der Waals surface area contributed by atoms with E-state index in [2.05, 4.69) is 47.5 Å². The summed E-state index contributed by atoms with van der Waals surface area (Å²) in [4.78, 5) is 7.10. The van der Waals surface area contributed by atoms with Gasteiger partial charge in [0.05, 0.1) is 6.61 Å². The maximum absolute atomic E-state index is 5.30. The summed E-state index contributed by atoms with van der Waals surface area (Å²) in [6.07, 6.45) is 2.41. The lowest BCUT2D eigenvalue weighted by Gasteiger charge is -2.22. The van der Waals surface area contributed by atoms with Crippen LogP contribution in [0, 0.1) is 5.92 Å². The standard InChI is InChI=1S/C18H27N3O.HI/c1-3-19-18(21-10-9-14(12-21)13-22-2)20-17-11-16(17)15-7-5-4-6-8-15;/h4-8,14,16-17H,3,9-13H2,1-2H3,(H,19,20);1H. The second kappa shape index (κ2) is 8.87. The molecule has 3 atom stereocenters. The minimum absolute atomic E-state index is 0. The number of aliphatic imine (C=N–C) groups is 1. The van der Waals surface area contributed by atoms with Gasteiger partial charge in [-0.05, 0) is 25.3 Å². The SMILES string of the molecule is CCN=C(NC1CC1c1ccccc1)N1CCC(COC)C1.I. The molecule has 1 aromatic rings. The number of hydrogen-bond acceptors (Lipinski definition) is 2. The summed E-state index contributed by atoms with van der Waals surface area (Å²) in [5, 5.41) is 3.68. The van der Waals surface area contributed by atoms with Crippen molar-refractivity contribution < 1.29 is 4.74 Å². The molecule has 0 aromatic heterocycles. The summed E-state index contributed by atoms with van der Waals surface area (Å²) in [6, 6.07) is 11.3. The number of methoxy groups -OCH3 is 1. The van der Waals surface area contributed by atoms with Crippen molar-refractivity contribution in [2.75, 3.05) is 33.4 Å². The number of halogens is 1. The fourth-order valence-electron chi connectivity index (χ4n) is 3.37. The Labute approximate surface area is 156 Å². The van der Waals surface area contributed by atoms with Crippen molar-refractivity contribution in [2.45, 2.75) is 31.7 Å². The molecule has 1 heterocycles. The third-order valence-corrected chi connectivity index (χ3v) is 4.63. The first-order valence-corrected chi connectivity index (χ1v) is 8.41. The van der Waals surface area contributed by atoms with Crippen LogP contribution in [0.2, 0.25) is 0 Å². The third-order valence-electron chi connectivity index (χ3n) is 4.63. The van der Waals surface area contributed by atoms with Crippen LogP contribution in [-0.4, -0.2) is 50.3 Å².